The zero-order valence-electron chi connectivity index (χ0n) is 10.8. The standard InChI is InChI=1S/C14H20N2O2/c1-9-7-8-15-13(9)14(18)16-12-6-4-3-5-11(12)10(2)17/h3-6,9-10,13,15,17H,7-8H2,1-2H3,(H,16,18). The Morgan fingerprint density at radius 1 is 1.50 bits per heavy atom. The lowest BCUT2D eigenvalue weighted by atomic mass is 10.0. The fourth-order valence-electron chi connectivity index (χ4n) is 2.37. The summed E-state index contributed by atoms with van der Waals surface area (Å²) in [6.45, 7) is 4.66. The van der Waals surface area contributed by atoms with Crippen LogP contribution >= 0.6 is 0 Å². The molecule has 1 amide bonds. The van der Waals surface area contributed by atoms with Crippen molar-refractivity contribution in [2.45, 2.75) is 32.4 Å². The summed E-state index contributed by atoms with van der Waals surface area (Å²) >= 11 is 0. The van der Waals surface area contributed by atoms with Crippen LogP contribution in [-0.2, 0) is 4.79 Å². The molecule has 0 aliphatic carbocycles. The van der Waals surface area contributed by atoms with E-state index in [4.69, 9.17) is 0 Å². The van der Waals surface area contributed by atoms with Gasteiger partial charge in [-0.05, 0) is 31.9 Å². The number of carbonyl (C=O) groups is 1. The van der Waals surface area contributed by atoms with Crippen LogP contribution in [0.2, 0.25) is 0 Å². The van der Waals surface area contributed by atoms with Crippen molar-refractivity contribution in [1.29, 1.82) is 0 Å². The van der Waals surface area contributed by atoms with Crippen molar-refractivity contribution in [1.82, 2.24) is 5.32 Å². The van der Waals surface area contributed by atoms with Crippen molar-refractivity contribution in [3.05, 3.63) is 29.8 Å². The number of aliphatic hydroxyl groups is 1. The summed E-state index contributed by atoms with van der Waals surface area (Å²) in [5.41, 5.74) is 1.44. The number of rotatable bonds is 3. The molecule has 1 aromatic rings. The highest BCUT2D eigenvalue weighted by Gasteiger charge is 2.29. The van der Waals surface area contributed by atoms with Gasteiger partial charge in [-0.15, -0.1) is 0 Å². The minimum absolute atomic E-state index is 0.0203. The number of carbonyl (C=O) groups excluding carboxylic acids is 1. The first-order valence-electron chi connectivity index (χ1n) is 6.41. The average Bonchev–Trinajstić information content (AvgIpc) is 2.76. The van der Waals surface area contributed by atoms with E-state index < -0.39 is 6.10 Å². The van der Waals surface area contributed by atoms with Gasteiger partial charge in [0.15, 0.2) is 0 Å². The third-order valence-electron chi connectivity index (χ3n) is 3.48. The van der Waals surface area contributed by atoms with Crippen molar-refractivity contribution in [3.63, 3.8) is 0 Å². The van der Waals surface area contributed by atoms with Crippen molar-refractivity contribution >= 4 is 11.6 Å². The van der Waals surface area contributed by atoms with Crippen LogP contribution in [0.4, 0.5) is 5.69 Å². The maximum Gasteiger partial charge on any atom is 0.241 e. The van der Waals surface area contributed by atoms with Crippen molar-refractivity contribution in [3.8, 4) is 0 Å². The second-order valence-corrected chi connectivity index (χ2v) is 4.95. The summed E-state index contributed by atoms with van der Waals surface area (Å²) in [5, 5.41) is 15.8. The van der Waals surface area contributed by atoms with Crippen LogP contribution in [0.1, 0.15) is 31.9 Å². The average molecular weight is 248 g/mol. The normalized spacial score (nSPS) is 24.8. The van der Waals surface area contributed by atoms with Gasteiger partial charge in [-0.25, -0.2) is 0 Å². The van der Waals surface area contributed by atoms with Gasteiger partial charge in [0.25, 0.3) is 0 Å². The Labute approximate surface area is 107 Å². The quantitative estimate of drug-likeness (QED) is 0.762. The molecule has 0 spiro atoms. The third-order valence-corrected chi connectivity index (χ3v) is 3.48. The molecule has 0 bridgehead atoms. The summed E-state index contributed by atoms with van der Waals surface area (Å²) in [5.74, 6) is 0.330. The van der Waals surface area contributed by atoms with E-state index in [9.17, 15) is 9.90 Å². The predicted octanol–water partition coefficient (Wildman–Crippen LogP) is 1.68. The smallest absolute Gasteiger partial charge is 0.241 e. The second-order valence-electron chi connectivity index (χ2n) is 4.95. The molecule has 0 aromatic heterocycles. The van der Waals surface area contributed by atoms with E-state index in [1.54, 1.807) is 6.92 Å². The van der Waals surface area contributed by atoms with Crippen LogP contribution in [0.5, 0.6) is 0 Å². The minimum Gasteiger partial charge on any atom is -0.389 e. The lowest BCUT2D eigenvalue weighted by Gasteiger charge is -2.18. The Morgan fingerprint density at radius 3 is 2.83 bits per heavy atom. The number of hydrogen-bond acceptors (Lipinski definition) is 3. The van der Waals surface area contributed by atoms with Gasteiger partial charge in [0.1, 0.15) is 0 Å². The molecule has 1 aromatic carbocycles. The zero-order valence-corrected chi connectivity index (χ0v) is 10.8. The van der Waals surface area contributed by atoms with Gasteiger partial charge >= 0.3 is 0 Å². The molecule has 3 unspecified atom stereocenters. The SMILES string of the molecule is CC(O)c1ccccc1NC(=O)C1NCCC1C. The predicted molar refractivity (Wildman–Crippen MR) is 71.3 cm³/mol. The van der Waals surface area contributed by atoms with E-state index in [0.29, 0.717) is 11.6 Å². The van der Waals surface area contributed by atoms with E-state index in [1.807, 2.05) is 24.3 Å². The number of nitrogens with one attached hydrogen (secondary N) is 2. The van der Waals surface area contributed by atoms with Gasteiger partial charge < -0.3 is 15.7 Å². The van der Waals surface area contributed by atoms with Crippen LogP contribution in [-0.4, -0.2) is 23.6 Å². The second kappa shape index (κ2) is 5.50. The molecule has 2 rings (SSSR count). The first-order chi connectivity index (χ1) is 8.59. The molecule has 3 atom stereocenters. The van der Waals surface area contributed by atoms with Gasteiger partial charge in [-0.3, -0.25) is 4.79 Å². The van der Waals surface area contributed by atoms with E-state index in [0.717, 1.165) is 18.5 Å². The molecule has 4 nitrogen and oxygen atoms in total. The molecule has 0 saturated carbocycles. The van der Waals surface area contributed by atoms with Crippen molar-refractivity contribution in [2.75, 3.05) is 11.9 Å². The highest BCUT2D eigenvalue weighted by molar-refractivity contribution is 5.95. The third kappa shape index (κ3) is 2.71. The number of hydrogen-bond donors (Lipinski definition) is 3. The Hall–Kier alpha value is -1.39. The van der Waals surface area contributed by atoms with Crippen LogP contribution in [0.15, 0.2) is 24.3 Å². The number of aliphatic hydroxyl groups excluding tert-OH is 1. The first-order valence-corrected chi connectivity index (χ1v) is 6.41. The van der Waals surface area contributed by atoms with Gasteiger partial charge in [0.05, 0.1) is 12.1 Å². The summed E-state index contributed by atoms with van der Waals surface area (Å²) in [7, 11) is 0. The molecule has 0 radical (unpaired) electrons. The Kier molecular flexibility index (Phi) is 3.99. The highest BCUT2D eigenvalue weighted by atomic mass is 16.3. The molecule has 1 aliphatic rings. The first kappa shape index (κ1) is 13.1. The van der Waals surface area contributed by atoms with Crippen LogP contribution in [0.3, 0.4) is 0 Å². The molecule has 1 aliphatic heterocycles. The lowest BCUT2D eigenvalue weighted by Crippen LogP contribution is -2.39. The van der Waals surface area contributed by atoms with Gasteiger partial charge in [0, 0.05) is 11.3 Å². The monoisotopic (exact) mass is 248 g/mol. The molecule has 1 heterocycles. The maximum absolute atomic E-state index is 12.1. The van der Waals surface area contributed by atoms with Gasteiger partial charge in [0.2, 0.25) is 5.91 Å². The molecular weight excluding hydrogens is 228 g/mol. The number of amides is 1. The van der Waals surface area contributed by atoms with Crippen molar-refractivity contribution < 1.29 is 9.90 Å². The molecular formula is C14H20N2O2. The summed E-state index contributed by atoms with van der Waals surface area (Å²) in [6, 6.07) is 7.22. The topological polar surface area (TPSA) is 61.4 Å². The Morgan fingerprint density at radius 2 is 2.22 bits per heavy atom. The summed E-state index contributed by atoms with van der Waals surface area (Å²) < 4.78 is 0. The molecule has 4 heteroatoms. The maximum atomic E-state index is 12.1. The fraction of sp³-hybridized carbons (Fsp3) is 0.500. The van der Waals surface area contributed by atoms with E-state index in [1.165, 1.54) is 0 Å². The minimum atomic E-state index is -0.588. The zero-order chi connectivity index (χ0) is 13.1. The van der Waals surface area contributed by atoms with Crippen LogP contribution in [0, 0.1) is 5.92 Å². The number of benzene rings is 1. The summed E-state index contributed by atoms with van der Waals surface area (Å²) in [4.78, 5) is 12.1. The summed E-state index contributed by atoms with van der Waals surface area (Å²) in [6.07, 6.45) is 0.436. The highest BCUT2D eigenvalue weighted by Crippen LogP contribution is 2.23. The van der Waals surface area contributed by atoms with E-state index in [2.05, 4.69) is 17.6 Å². The van der Waals surface area contributed by atoms with Crippen LogP contribution < -0.4 is 10.6 Å². The van der Waals surface area contributed by atoms with Gasteiger partial charge in [-0.1, -0.05) is 25.1 Å². The molecule has 3 N–H and O–H groups in total. The van der Waals surface area contributed by atoms with E-state index in [-0.39, 0.29) is 11.9 Å². The Bertz CT molecular complexity index is 432. The van der Waals surface area contributed by atoms with Gasteiger partial charge in [-0.2, -0.15) is 0 Å². The van der Waals surface area contributed by atoms with Crippen LogP contribution in [0.25, 0.3) is 0 Å². The molecule has 18 heavy (non-hydrogen) atoms. The largest absolute Gasteiger partial charge is 0.389 e. The molecule has 98 valence electrons. The Balaban J connectivity index is 2.11. The fourth-order valence-corrected chi connectivity index (χ4v) is 2.37. The number of para-hydroxylation sites is 1. The number of anilines is 1. The van der Waals surface area contributed by atoms with Crippen molar-refractivity contribution in [2.24, 2.45) is 5.92 Å². The molecule has 1 saturated heterocycles. The van der Waals surface area contributed by atoms with E-state index >= 15 is 0 Å². The lowest BCUT2D eigenvalue weighted by molar-refractivity contribution is -0.118. The molecule has 1 fully saturated rings.